The van der Waals surface area contributed by atoms with E-state index in [4.69, 9.17) is 9.40 Å². The van der Waals surface area contributed by atoms with Gasteiger partial charge >= 0.3 is 0 Å². The summed E-state index contributed by atoms with van der Waals surface area (Å²) in [7, 11) is 0. The number of anilines is 1. The number of para-hydroxylation sites is 2. The fourth-order valence-electron chi connectivity index (χ4n) is 3.96. The van der Waals surface area contributed by atoms with Crippen molar-refractivity contribution < 1.29 is 13.6 Å². The quantitative estimate of drug-likeness (QED) is 0.494. The Kier molecular flexibility index (Phi) is 5.66. The number of amides is 1. The minimum atomic E-state index is -0.457. The number of nitrogens with one attached hydrogen (secondary N) is 2. The Morgan fingerprint density at radius 1 is 1.06 bits per heavy atom. The Morgan fingerprint density at radius 3 is 2.72 bits per heavy atom. The zero-order chi connectivity index (χ0) is 21.9. The molecule has 1 aromatic heterocycles. The fourth-order valence-corrected chi connectivity index (χ4v) is 3.96. The first kappa shape index (κ1) is 20.4. The molecule has 1 saturated heterocycles. The normalized spacial score (nSPS) is 14.5. The average molecular weight is 430 g/mol. The number of nitrogens with zero attached hydrogens (tertiary/aromatic N) is 2. The highest BCUT2D eigenvalue weighted by Crippen LogP contribution is 2.32. The highest BCUT2D eigenvalue weighted by molar-refractivity contribution is 6.06. The van der Waals surface area contributed by atoms with Crippen LogP contribution < -0.4 is 10.6 Å². The molecule has 32 heavy (non-hydrogen) atoms. The summed E-state index contributed by atoms with van der Waals surface area (Å²) in [5, 5.41) is 6.23. The summed E-state index contributed by atoms with van der Waals surface area (Å²) in [6, 6.07) is 18.9. The van der Waals surface area contributed by atoms with Crippen molar-refractivity contribution in [3.8, 4) is 11.5 Å². The van der Waals surface area contributed by atoms with Crippen molar-refractivity contribution >= 4 is 22.7 Å². The van der Waals surface area contributed by atoms with Gasteiger partial charge < -0.3 is 15.1 Å². The van der Waals surface area contributed by atoms with Crippen molar-refractivity contribution in [2.45, 2.75) is 6.54 Å². The van der Waals surface area contributed by atoms with Gasteiger partial charge in [0, 0.05) is 38.3 Å². The molecule has 1 fully saturated rings. The van der Waals surface area contributed by atoms with Gasteiger partial charge in [0.1, 0.15) is 11.3 Å². The number of carbonyl (C=O) groups excluding carboxylic acids is 1. The fraction of sp³-hybridized carbons (Fsp3) is 0.200. The summed E-state index contributed by atoms with van der Waals surface area (Å²) in [6.45, 7) is 4.77. The van der Waals surface area contributed by atoms with Crippen molar-refractivity contribution in [2.24, 2.45) is 0 Å². The molecule has 4 aromatic rings. The lowest BCUT2D eigenvalue weighted by Gasteiger charge is -2.27. The van der Waals surface area contributed by atoms with Gasteiger partial charge in [-0.1, -0.05) is 30.3 Å². The van der Waals surface area contributed by atoms with Gasteiger partial charge in [0.2, 0.25) is 5.89 Å². The monoisotopic (exact) mass is 430 g/mol. The van der Waals surface area contributed by atoms with Crippen molar-refractivity contribution in [3.63, 3.8) is 0 Å². The van der Waals surface area contributed by atoms with Gasteiger partial charge in [-0.2, -0.15) is 0 Å². The minimum absolute atomic E-state index is 0.246. The van der Waals surface area contributed by atoms with Crippen LogP contribution in [0, 0.1) is 5.82 Å². The number of aromatic nitrogens is 1. The van der Waals surface area contributed by atoms with E-state index in [1.54, 1.807) is 12.1 Å². The molecule has 5 rings (SSSR count). The lowest BCUT2D eigenvalue weighted by Crippen LogP contribution is -2.42. The average Bonchev–Trinajstić information content (AvgIpc) is 3.25. The number of oxazole rings is 1. The standard InChI is InChI=1S/C25H23FN4O2/c26-19-7-3-5-17(15-19)24(31)28-21-9-2-1-8-20(21)25-29-23-18(6-4-10-22(23)32-25)16-30-13-11-27-12-14-30/h1-10,15,27H,11-14,16H2,(H,28,31). The summed E-state index contributed by atoms with van der Waals surface area (Å²) >= 11 is 0. The van der Waals surface area contributed by atoms with Crippen LogP contribution in [0.25, 0.3) is 22.6 Å². The second-order valence-corrected chi connectivity index (χ2v) is 7.82. The second-order valence-electron chi connectivity index (χ2n) is 7.82. The predicted molar refractivity (Wildman–Crippen MR) is 122 cm³/mol. The summed E-state index contributed by atoms with van der Waals surface area (Å²) < 4.78 is 19.6. The number of hydrogen-bond donors (Lipinski definition) is 2. The van der Waals surface area contributed by atoms with Crippen LogP contribution in [0.4, 0.5) is 10.1 Å². The van der Waals surface area contributed by atoms with E-state index in [1.165, 1.54) is 18.2 Å². The third kappa shape index (κ3) is 4.26. The van der Waals surface area contributed by atoms with Crippen molar-refractivity contribution in [1.82, 2.24) is 15.2 Å². The number of fused-ring (bicyclic) bond motifs is 1. The third-order valence-electron chi connectivity index (χ3n) is 5.60. The molecule has 6 nitrogen and oxygen atoms in total. The number of carbonyl (C=O) groups is 1. The van der Waals surface area contributed by atoms with E-state index in [2.05, 4.69) is 21.6 Å². The molecule has 162 valence electrons. The highest BCUT2D eigenvalue weighted by Gasteiger charge is 2.18. The van der Waals surface area contributed by atoms with Crippen LogP contribution in [-0.4, -0.2) is 42.0 Å². The zero-order valence-electron chi connectivity index (χ0n) is 17.5. The Labute approximate surface area is 185 Å². The maximum atomic E-state index is 13.5. The summed E-state index contributed by atoms with van der Waals surface area (Å²) in [5.41, 5.74) is 4.11. The Balaban J connectivity index is 1.45. The Morgan fingerprint density at radius 2 is 1.88 bits per heavy atom. The number of rotatable bonds is 5. The molecule has 2 N–H and O–H groups in total. The first-order chi connectivity index (χ1) is 15.7. The lowest BCUT2D eigenvalue weighted by molar-refractivity contribution is 0.102. The van der Waals surface area contributed by atoms with E-state index < -0.39 is 11.7 Å². The molecule has 1 aliphatic heterocycles. The molecule has 0 radical (unpaired) electrons. The number of piperazine rings is 1. The van der Waals surface area contributed by atoms with Crippen LogP contribution in [-0.2, 0) is 6.54 Å². The topological polar surface area (TPSA) is 70.4 Å². The van der Waals surface area contributed by atoms with Gasteiger partial charge in [0.15, 0.2) is 5.58 Å². The van der Waals surface area contributed by atoms with Gasteiger partial charge in [-0.15, -0.1) is 0 Å². The zero-order valence-corrected chi connectivity index (χ0v) is 17.5. The lowest BCUT2D eigenvalue weighted by atomic mass is 10.1. The summed E-state index contributed by atoms with van der Waals surface area (Å²) in [5.74, 6) is -0.419. The van der Waals surface area contributed by atoms with Crippen LogP contribution in [0.5, 0.6) is 0 Å². The molecule has 7 heteroatoms. The van der Waals surface area contributed by atoms with Crippen LogP contribution in [0.2, 0.25) is 0 Å². The number of halogens is 1. The van der Waals surface area contributed by atoms with E-state index in [0.29, 0.717) is 22.7 Å². The SMILES string of the molecule is O=C(Nc1ccccc1-c1nc2c(CN3CCNCC3)cccc2o1)c1cccc(F)c1. The van der Waals surface area contributed by atoms with E-state index in [0.717, 1.165) is 43.8 Å². The second kappa shape index (κ2) is 8.90. The number of benzene rings is 3. The molecule has 1 aliphatic rings. The Hall–Kier alpha value is -3.55. The van der Waals surface area contributed by atoms with Gasteiger partial charge in [-0.05, 0) is 42.0 Å². The highest BCUT2D eigenvalue weighted by atomic mass is 19.1. The Bertz CT molecular complexity index is 1260. The van der Waals surface area contributed by atoms with E-state index in [1.807, 2.05) is 30.3 Å². The van der Waals surface area contributed by atoms with Crippen LogP contribution >= 0.6 is 0 Å². The van der Waals surface area contributed by atoms with E-state index in [9.17, 15) is 9.18 Å². The van der Waals surface area contributed by atoms with Gasteiger partial charge in [0.05, 0.1) is 11.3 Å². The van der Waals surface area contributed by atoms with Gasteiger partial charge in [-0.25, -0.2) is 9.37 Å². The van der Waals surface area contributed by atoms with Gasteiger partial charge in [-0.3, -0.25) is 9.69 Å². The van der Waals surface area contributed by atoms with Crippen LogP contribution in [0.3, 0.4) is 0 Å². The van der Waals surface area contributed by atoms with Gasteiger partial charge in [0.25, 0.3) is 5.91 Å². The molecular formula is C25H23FN4O2. The van der Waals surface area contributed by atoms with E-state index in [-0.39, 0.29) is 5.56 Å². The van der Waals surface area contributed by atoms with Crippen LogP contribution in [0.1, 0.15) is 15.9 Å². The minimum Gasteiger partial charge on any atom is -0.436 e. The van der Waals surface area contributed by atoms with Crippen LogP contribution in [0.15, 0.2) is 71.1 Å². The smallest absolute Gasteiger partial charge is 0.255 e. The molecule has 0 bridgehead atoms. The molecule has 0 spiro atoms. The molecule has 0 aliphatic carbocycles. The summed E-state index contributed by atoms with van der Waals surface area (Å²) in [4.78, 5) is 19.8. The summed E-state index contributed by atoms with van der Waals surface area (Å²) in [6.07, 6.45) is 0. The first-order valence-electron chi connectivity index (χ1n) is 10.7. The van der Waals surface area contributed by atoms with Crippen molar-refractivity contribution in [1.29, 1.82) is 0 Å². The molecule has 0 unspecified atom stereocenters. The first-order valence-corrected chi connectivity index (χ1v) is 10.7. The maximum Gasteiger partial charge on any atom is 0.255 e. The largest absolute Gasteiger partial charge is 0.436 e. The predicted octanol–water partition coefficient (Wildman–Crippen LogP) is 4.29. The molecule has 1 amide bonds. The maximum absolute atomic E-state index is 13.5. The molecular weight excluding hydrogens is 407 g/mol. The van der Waals surface area contributed by atoms with Crippen molar-refractivity contribution in [3.05, 3.63) is 83.7 Å². The third-order valence-corrected chi connectivity index (χ3v) is 5.60. The molecule has 2 heterocycles. The van der Waals surface area contributed by atoms with Crippen molar-refractivity contribution in [2.75, 3.05) is 31.5 Å². The molecule has 3 aromatic carbocycles. The molecule has 0 saturated carbocycles. The molecule has 0 atom stereocenters. The van der Waals surface area contributed by atoms with E-state index >= 15 is 0 Å². The number of hydrogen-bond acceptors (Lipinski definition) is 5.